The number of nitrogens with two attached hydrogens (primary N) is 1. The fourth-order valence-electron chi connectivity index (χ4n) is 1.74. The molecule has 4 N–H and O–H groups in total. The van der Waals surface area contributed by atoms with Crippen LogP contribution in [-0.2, 0) is 0 Å². The molecule has 88 valence electrons. The minimum absolute atomic E-state index is 0.240. The van der Waals surface area contributed by atoms with Crippen LogP contribution in [0.2, 0.25) is 0 Å². The number of rotatable bonds is 4. The third kappa shape index (κ3) is 2.59. The summed E-state index contributed by atoms with van der Waals surface area (Å²) in [5.74, 6) is 1.44. The van der Waals surface area contributed by atoms with Crippen molar-refractivity contribution in [3.63, 3.8) is 0 Å². The number of aliphatic hydroxyl groups is 1. The van der Waals surface area contributed by atoms with Crippen molar-refractivity contribution < 1.29 is 5.11 Å². The van der Waals surface area contributed by atoms with E-state index in [4.69, 9.17) is 5.73 Å². The molecule has 1 atom stereocenters. The van der Waals surface area contributed by atoms with E-state index in [1.807, 2.05) is 6.07 Å². The van der Waals surface area contributed by atoms with Gasteiger partial charge in [-0.2, -0.15) is 4.98 Å². The van der Waals surface area contributed by atoms with Gasteiger partial charge in [-0.05, 0) is 12.5 Å². The highest BCUT2D eigenvalue weighted by Gasteiger charge is 2.21. The highest BCUT2D eigenvalue weighted by Crippen LogP contribution is 2.18. The van der Waals surface area contributed by atoms with Gasteiger partial charge in [0.15, 0.2) is 0 Å². The summed E-state index contributed by atoms with van der Waals surface area (Å²) in [6, 6.07) is 1.85. The highest BCUT2D eigenvalue weighted by atomic mass is 16.3. The second-order valence-electron chi connectivity index (χ2n) is 3.84. The Morgan fingerprint density at radius 1 is 1.62 bits per heavy atom. The minimum atomic E-state index is -0.240. The van der Waals surface area contributed by atoms with Gasteiger partial charge in [0, 0.05) is 32.4 Å². The Morgan fingerprint density at radius 3 is 3.19 bits per heavy atom. The van der Waals surface area contributed by atoms with E-state index in [1.165, 1.54) is 0 Å². The maximum Gasteiger partial charge on any atom is 0.224 e. The average molecular weight is 223 g/mol. The molecule has 1 saturated heterocycles. The molecular formula is C10H17N5O. The van der Waals surface area contributed by atoms with Gasteiger partial charge < -0.3 is 21.1 Å². The predicted octanol–water partition coefficient (Wildman–Crippen LogP) is -0.582. The van der Waals surface area contributed by atoms with Crippen LogP contribution >= 0.6 is 0 Å². The molecule has 0 aromatic carbocycles. The van der Waals surface area contributed by atoms with Gasteiger partial charge in [0.2, 0.25) is 5.95 Å². The smallest absolute Gasteiger partial charge is 0.224 e. The van der Waals surface area contributed by atoms with Gasteiger partial charge in [-0.15, -0.1) is 0 Å². The first-order chi connectivity index (χ1) is 7.79. The van der Waals surface area contributed by atoms with Crippen LogP contribution < -0.4 is 16.0 Å². The molecule has 0 amide bonds. The Kier molecular flexibility index (Phi) is 3.53. The van der Waals surface area contributed by atoms with Crippen LogP contribution in [0.5, 0.6) is 0 Å². The van der Waals surface area contributed by atoms with E-state index in [2.05, 4.69) is 20.2 Å². The van der Waals surface area contributed by atoms with Crippen molar-refractivity contribution in [3.8, 4) is 0 Å². The molecule has 0 bridgehead atoms. The molecule has 0 aliphatic carbocycles. The second-order valence-corrected chi connectivity index (χ2v) is 3.84. The van der Waals surface area contributed by atoms with Crippen LogP contribution in [0.1, 0.15) is 6.42 Å². The van der Waals surface area contributed by atoms with E-state index in [0.717, 1.165) is 18.8 Å². The molecule has 6 nitrogen and oxygen atoms in total. The third-order valence-electron chi connectivity index (χ3n) is 2.56. The Morgan fingerprint density at radius 2 is 2.50 bits per heavy atom. The lowest BCUT2D eigenvalue weighted by molar-refractivity contribution is 0.198. The second kappa shape index (κ2) is 5.09. The van der Waals surface area contributed by atoms with Gasteiger partial charge in [-0.25, -0.2) is 4.98 Å². The number of anilines is 2. The number of hydrogen-bond donors (Lipinski definition) is 3. The molecule has 0 radical (unpaired) electrons. The topological polar surface area (TPSA) is 87.3 Å². The van der Waals surface area contributed by atoms with Crippen LogP contribution in [0.4, 0.5) is 11.8 Å². The number of aliphatic hydroxyl groups excluding tert-OH is 1. The summed E-state index contributed by atoms with van der Waals surface area (Å²) in [5, 5.41) is 12.5. The van der Waals surface area contributed by atoms with Crippen molar-refractivity contribution in [2.24, 2.45) is 5.73 Å². The Balaban J connectivity index is 2.04. The van der Waals surface area contributed by atoms with E-state index in [1.54, 1.807) is 6.20 Å². The Hall–Kier alpha value is -1.40. The van der Waals surface area contributed by atoms with Gasteiger partial charge in [0.1, 0.15) is 5.82 Å². The molecule has 1 aromatic rings. The SMILES string of the molecule is NCCNc1nccc(N2CCC(O)C2)n1. The van der Waals surface area contributed by atoms with Crippen molar-refractivity contribution in [3.05, 3.63) is 12.3 Å². The van der Waals surface area contributed by atoms with Crippen LogP contribution in [0, 0.1) is 0 Å². The summed E-state index contributed by atoms with van der Waals surface area (Å²) >= 11 is 0. The van der Waals surface area contributed by atoms with Crippen molar-refractivity contribution in [2.75, 3.05) is 36.4 Å². The molecule has 1 aliphatic rings. The van der Waals surface area contributed by atoms with Gasteiger partial charge in [-0.1, -0.05) is 0 Å². The number of aromatic nitrogens is 2. The van der Waals surface area contributed by atoms with Gasteiger partial charge in [0.25, 0.3) is 0 Å². The van der Waals surface area contributed by atoms with Crippen LogP contribution in [0.15, 0.2) is 12.3 Å². The Labute approximate surface area is 94.5 Å². The largest absolute Gasteiger partial charge is 0.391 e. The number of β-amino-alcohol motifs (C(OH)–C–C–N with tert-alkyl or cyclic N) is 1. The molecule has 16 heavy (non-hydrogen) atoms. The summed E-state index contributed by atoms with van der Waals surface area (Å²) in [6.45, 7) is 2.70. The van der Waals surface area contributed by atoms with Crippen molar-refractivity contribution in [2.45, 2.75) is 12.5 Å². The monoisotopic (exact) mass is 223 g/mol. The van der Waals surface area contributed by atoms with Gasteiger partial charge in [0.05, 0.1) is 6.10 Å². The molecule has 1 unspecified atom stereocenters. The van der Waals surface area contributed by atoms with E-state index in [0.29, 0.717) is 25.6 Å². The van der Waals surface area contributed by atoms with E-state index >= 15 is 0 Å². The van der Waals surface area contributed by atoms with Gasteiger partial charge in [-0.3, -0.25) is 0 Å². The first-order valence-corrected chi connectivity index (χ1v) is 5.49. The van der Waals surface area contributed by atoms with Crippen molar-refractivity contribution in [1.29, 1.82) is 0 Å². The molecule has 1 aromatic heterocycles. The minimum Gasteiger partial charge on any atom is -0.391 e. The zero-order chi connectivity index (χ0) is 11.4. The fourth-order valence-corrected chi connectivity index (χ4v) is 1.74. The third-order valence-corrected chi connectivity index (χ3v) is 2.56. The Bertz CT molecular complexity index is 346. The standard InChI is InChI=1S/C10H17N5O/c11-3-5-13-10-12-4-1-9(14-10)15-6-2-8(16)7-15/h1,4,8,16H,2-3,5-7,11H2,(H,12,13,14). The summed E-state index contributed by atoms with van der Waals surface area (Å²) < 4.78 is 0. The predicted molar refractivity (Wildman–Crippen MR) is 62.4 cm³/mol. The maximum atomic E-state index is 9.45. The zero-order valence-electron chi connectivity index (χ0n) is 9.13. The lowest BCUT2D eigenvalue weighted by Gasteiger charge is -2.16. The molecule has 2 heterocycles. The van der Waals surface area contributed by atoms with Crippen LogP contribution in [0.3, 0.4) is 0 Å². The van der Waals surface area contributed by atoms with E-state index in [9.17, 15) is 5.11 Å². The summed E-state index contributed by atoms with van der Waals surface area (Å²) in [6.07, 6.45) is 2.27. The number of nitrogens with zero attached hydrogens (tertiary/aromatic N) is 3. The van der Waals surface area contributed by atoms with Crippen LogP contribution in [0.25, 0.3) is 0 Å². The lowest BCUT2D eigenvalue weighted by Crippen LogP contribution is -2.23. The quantitative estimate of drug-likeness (QED) is 0.633. The van der Waals surface area contributed by atoms with Gasteiger partial charge >= 0.3 is 0 Å². The first kappa shape index (κ1) is 11.1. The number of hydrogen-bond acceptors (Lipinski definition) is 6. The normalized spacial score (nSPS) is 20.1. The average Bonchev–Trinajstić information content (AvgIpc) is 2.74. The molecule has 6 heteroatoms. The van der Waals surface area contributed by atoms with Crippen LogP contribution in [-0.4, -0.2) is 47.4 Å². The molecular weight excluding hydrogens is 206 g/mol. The summed E-state index contributed by atoms with van der Waals surface area (Å²) in [4.78, 5) is 10.5. The summed E-state index contributed by atoms with van der Waals surface area (Å²) in [5.41, 5.74) is 5.39. The highest BCUT2D eigenvalue weighted by molar-refractivity contribution is 5.43. The van der Waals surface area contributed by atoms with Crippen molar-refractivity contribution in [1.82, 2.24) is 9.97 Å². The molecule has 2 rings (SSSR count). The molecule has 0 spiro atoms. The maximum absolute atomic E-state index is 9.45. The first-order valence-electron chi connectivity index (χ1n) is 5.49. The van der Waals surface area contributed by atoms with E-state index in [-0.39, 0.29) is 6.10 Å². The summed E-state index contributed by atoms with van der Waals surface area (Å²) in [7, 11) is 0. The fraction of sp³-hybridized carbons (Fsp3) is 0.600. The molecule has 1 fully saturated rings. The lowest BCUT2D eigenvalue weighted by atomic mass is 10.3. The zero-order valence-corrected chi connectivity index (χ0v) is 9.13. The van der Waals surface area contributed by atoms with E-state index < -0.39 is 0 Å². The number of nitrogens with one attached hydrogen (secondary N) is 1. The van der Waals surface area contributed by atoms with Crippen molar-refractivity contribution >= 4 is 11.8 Å². The molecule has 0 saturated carbocycles. The molecule has 1 aliphatic heterocycles.